The summed E-state index contributed by atoms with van der Waals surface area (Å²) in [4.78, 5) is 15.1. The number of hydrogen-bond acceptors (Lipinski definition) is 2. The van der Waals surface area contributed by atoms with E-state index in [1.807, 2.05) is 18.2 Å². The average Bonchev–Trinajstić information content (AvgIpc) is 2.18. The number of carbonyl (C=O) groups excluding carboxylic acids is 1. The first-order valence-electron chi connectivity index (χ1n) is 4.67. The van der Waals surface area contributed by atoms with Gasteiger partial charge in [-0.1, -0.05) is 24.3 Å². The molecule has 3 nitrogen and oxygen atoms in total. The van der Waals surface area contributed by atoms with Crippen LogP contribution in [-0.4, -0.2) is 18.2 Å². The van der Waals surface area contributed by atoms with Crippen LogP contribution >= 0.6 is 12.4 Å². The van der Waals surface area contributed by atoms with E-state index in [4.69, 9.17) is 5.73 Å². The third-order valence-electron chi connectivity index (χ3n) is 2.35. The van der Waals surface area contributed by atoms with Crippen molar-refractivity contribution in [2.24, 2.45) is 10.7 Å². The molecule has 0 aliphatic carbocycles. The van der Waals surface area contributed by atoms with Gasteiger partial charge in [0.05, 0.1) is 12.1 Å². The summed E-state index contributed by atoms with van der Waals surface area (Å²) in [6, 6.07) is 8.04. The Labute approximate surface area is 94.8 Å². The third-order valence-corrected chi connectivity index (χ3v) is 2.35. The molecule has 0 saturated heterocycles. The molecule has 1 aromatic carbocycles. The molecule has 0 spiro atoms. The molecule has 1 heterocycles. The highest BCUT2D eigenvalue weighted by Crippen LogP contribution is 2.16. The van der Waals surface area contributed by atoms with Crippen LogP contribution in [0.3, 0.4) is 0 Å². The van der Waals surface area contributed by atoms with Gasteiger partial charge in [-0.2, -0.15) is 0 Å². The number of hydrogen-bond donors (Lipinski definition) is 1. The highest BCUT2D eigenvalue weighted by Gasteiger charge is 2.14. The van der Waals surface area contributed by atoms with Gasteiger partial charge in [0.2, 0.25) is 5.91 Å². The molecule has 0 unspecified atom stereocenters. The van der Waals surface area contributed by atoms with E-state index >= 15 is 0 Å². The maximum Gasteiger partial charge on any atom is 0.223 e. The van der Waals surface area contributed by atoms with Crippen molar-refractivity contribution in [2.75, 3.05) is 6.54 Å². The number of amides is 1. The molecule has 2 rings (SSSR count). The summed E-state index contributed by atoms with van der Waals surface area (Å²) in [5.74, 6) is -0.319. The van der Waals surface area contributed by atoms with Gasteiger partial charge in [0, 0.05) is 6.54 Å². The lowest BCUT2D eigenvalue weighted by atomic mass is 9.96. The fraction of sp³-hybridized carbons (Fsp3) is 0.273. The second kappa shape index (κ2) is 4.94. The van der Waals surface area contributed by atoms with Crippen LogP contribution in [0.1, 0.15) is 17.5 Å². The zero-order valence-electron chi connectivity index (χ0n) is 8.27. The van der Waals surface area contributed by atoms with Crippen molar-refractivity contribution in [3.63, 3.8) is 0 Å². The lowest BCUT2D eigenvalue weighted by Crippen LogP contribution is -2.20. The van der Waals surface area contributed by atoms with Gasteiger partial charge < -0.3 is 5.73 Å². The van der Waals surface area contributed by atoms with Crippen LogP contribution in [0, 0.1) is 0 Å². The molecular weight excluding hydrogens is 212 g/mol. The Morgan fingerprint density at radius 2 is 2.13 bits per heavy atom. The molecule has 80 valence electrons. The zero-order valence-corrected chi connectivity index (χ0v) is 9.09. The molecule has 2 N–H and O–H groups in total. The zero-order chi connectivity index (χ0) is 9.97. The number of halogens is 1. The van der Waals surface area contributed by atoms with Crippen LogP contribution in [0.5, 0.6) is 0 Å². The van der Waals surface area contributed by atoms with E-state index in [2.05, 4.69) is 11.1 Å². The van der Waals surface area contributed by atoms with Crippen LogP contribution in [0.25, 0.3) is 0 Å². The predicted molar refractivity (Wildman–Crippen MR) is 62.6 cm³/mol. The van der Waals surface area contributed by atoms with Crippen LogP contribution in [-0.2, 0) is 11.2 Å². The Balaban J connectivity index is 0.00000112. The second-order valence-corrected chi connectivity index (χ2v) is 3.38. The van der Waals surface area contributed by atoms with Crippen molar-refractivity contribution in [1.29, 1.82) is 0 Å². The topological polar surface area (TPSA) is 55.5 Å². The average molecular weight is 225 g/mol. The van der Waals surface area contributed by atoms with E-state index in [1.54, 1.807) is 0 Å². The number of nitrogens with zero attached hydrogens (tertiary/aromatic N) is 1. The SMILES string of the molecule is Cl.NC(=O)CC1=NCCc2ccccc21. The summed E-state index contributed by atoms with van der Waals surface area (Å²) in [7, 11) is 0. The van der Waals surface area contributed by atoms with Gasteiger partial charge >= 0.3 is 0 Å². The van der Waals surface area contributed by atoms with E-state index < -0.39 is 0 Å². The normalized spacial score (nSPS) is 13.5. The summed E-state index contributed by atoms with van der Waals surface area (Å²) >= 11 is 0. The van der Waals surface area contributed by atoms with Crippen LogP contribution in [0.15, 0.2) is 29.3 Å². The lowest BCUT2D eigenvalue weighted by Gasteiger charge is -2.15. The number of carbonyl (C=O) groups is 1. The van der Waals surface area contributed by atoms with E-state index in [0.717, 1.165) is 24.2 Å². The minimum atomic E-state index is -0.319. The molecule has 0 atom stereocenters. The highest BCUT2D eigenvalue weighted by atomic mass is 35.5. The van der Waals surface area contributed by atoms with Crippen LogP contribution in [0.4, 0.5) is 0 Å². The predicted octanol–water partition coefficient (Wildman–Crippen LogP) is 1.33. The molecule has 1 aliphatic heterocycles. The van der Waals surface area contributed by atoms with Crippen LogP contribution < -0.4 is 5.73 Å². The van der Waals surface area contributed by atoms with Gasteiger partial charge in [0.15, 0.2) is 0 Å². The van der Waals surface area contributed by atoms with Gasteiger partial charge in [-0.15, -0.1) is 12.4 Å². The molecule has 4 heteroatoms. The monoisotopic (exact) mass is 224 g/mol. The highest BCUT2D eigenvalue weighted by molar-refractivity contribution is 6.11. The van der Waals surface area contributed by atoms with Crippen molar-refractivity contribution in [2.45, 2.75) is 12.8 Å². The van der Waals surface area contributed by atoms with Gasteiger partial charge in [-0.25, -0.2) is 0 Å². The summed E-state index contributed by atoms with van der Waals surface area (Å²) in [5, 5.41) is 0. The molecule has 0 saturated carbocycles. The van der Waals surface area contributed by atoms with Gasteiger partial charge in [-0.3, -0.25) is 9.79 Å². The molecule has 0 fully saturated rings. The van der Waals surface area contributed by atoms with Gasteiger partial charge in [0.25, 0.3) is 0 Å². The standard InChI is InChI=1S/C11H12N2O.ClH/c12-11(14)7-10-9-4-2-1-3-8(9)5-6-13-10;/h1-4H,5-7H2,(H2,12,14);1H. The van der Waals surface area contributed by atoms with Crippen molar-refractivity contribution in [1.82, 2.24) is 0 Å². The van der Waals surface area contributed by atoms with Gasteiger partial charge in [0.1, 0.15) is 0 Å². The fourth-order valence-corrected chi connectivity index (χ4v) is 1.73. The summed E-state index contributed by atoms with van der Waals surface area (Å²) < 4.78 is 0. The van der Waals surface area contributed by atoms with Crippen molar-refractivity contribution >= 4 is 24.0 Å². The number of fused-ring (bicyclic) bond motifs is 1. The number of rotatable bonds is 2. The van der Waals surface area contributed by atoms with E-state index in [0.29, 0.717) is 0 Å². The molecule has 0 radical (unpaired) electrons. The van der Waals surface area contributed by atoms with Crippen molar-refractivity contribution in [3.8, 4) is 0 Å². The minimum absolute atomic E-state index is 0. The van der Waals surface area contributed by atoms with Crippen molar-refractivity contribution in [3.05, 3.63) is 35.4 Å². The molecular formula is C11H13ClN2O. The smallest absolute Gasteiger partial charge is 0.223 e. The lowest BCUT2D eigenvalue weighted by molar-refractivity contribution is -0.116. The largest absolute Gasteiger partial charge is 0.369 e. The number of aliphatic imine (C=N–C) groups is 1. The Bertz CT molecular complexity index is 401. The summed E-state index contributed by atoms with van der Waals surface area (Å²) in [6.45, 7) is 0.764. The molecule has 1 amide bonds. The number of benzene rings is 1. The van der Waals surface area contributed by atoms with E-state index in [1.165, 1.54) is 5.56 Å². The quantitative estimate of drug-likeness (QED) is 0.810. The maximum absolute atomic E-state index is 10.8. The summed E-state index contributed by atoms with van der Waals surface area (Å²) in [5.41, 5.74) is 8.34. The third kappa shape index (κ3) is 2.57. The molecule has 0 bridgehead atoms. The van der Waals surface area contributed by atoms with E-state index in [-0.39, 0.29) is 24.7 Å². The summed E-state index contributed by atoms with van der Waals surface area (Å²) in [6.07, 6.45) is 1.20. The van der Waals surface area contributed by atoms with Crippen molar-refractivity contribution < 1.29 is 4.79 Å². The Morgan fingerprint density at radius 3 is 2.87 bits per heavy atom. The first-order valence-corrected chi connectivity index (χ1v) is 4.67. The molecule has 1 aromatic rings. The van der Waals surface area contributed by atoms with Gasteiger partial charge in [-0.05, 0) is 17.5 Å². The first kappa shape index (κ1) is 11.7. The molecule has 1 aliphatic rings. The fourth-order valence-electron chi connectivity index (χ4n) is 1.73. The minimum Gasteiger partial charge on any atom is -0.369 e. The molecule has 15 heavy (non-hydrogen) atoms. The second-order valence-electron chi connectivity index (χ2n) is 3.38. The molecule has 0 aromatic heterocycles. The Kier molecular flexibility index (Phi) is 3.86. The number of nitrogens with two attached hydrogens (primary N) is 1. The first-order chi connectivity index (χ1) is 6.77. The Hall–Kier alpha value is -1.35. The van der Waals surface area contributed by atoms with E-state index in [9.17, 15) is 4.79 Å². The number of primary amides is 1. The van der Waals surface area contributed by atoms with Crippen LogP contribution in [0.2, 0.25) is 0 Å². The Morgan fingerprint density at radius 1 is 1.40 bits per heavy atom. The maximum atomic E-state index is 10.8.